The fourth-order valence-electron chi connectivity index (χ4n) is 3.53. The zero-order chi connectivity index (χ0) is 20.9. The molecule has 30 heavy (non-hydrogen) atoms. The van der Waals surface area contributed by atoms with E-state index in [9.17, 15) is 4.79 Å². The van der Waals surface area contributed by atoms with Crippen molar-refractivity contribution in [3.05, 3.63) is 77.7 Å². The number of furan rings is 1. The molecule has 6 nitrogen and oxygen atoms in total. The Morgan fingerprint density at radius 2 is 1.83 bits per heavy atom. The number of carbonyl (C=O) groups excluding carboxylic acids is 1. The maximum absolute atomic E-state index is 12.7. The van der Waals surface area contributed by atoms with Crippen molar-refractivity contribution in [3.8, 4) is 5.75 Å². The molecule has 1 fully saturated rings. The molecule has 1 aliphatic rings. The molecule has 0 bridgehead atoms. The highest BCUT2D eigenvalue weighted by Gasteiger charge is 2.17. The first-order chi connectivity index (χ1) is 14.6. The number of amides is 1. The van der Waals surface area contributed by atoms with E-state index in [2.05, 4.69) is 34.3 Å². The third kappa shape index (κ3) is 4.83. The number of nitrogens with one attached hydrogen (secondary N) is 1. The highest BCUT2D eigenvalue weighted by atomic mass is 16.5. The summed E-state index contributed by atoms with van der Waals surface area (Å²) >= 11 is 0. The Balaban J connectivity index is 1.37. The van der Waals surface area contributed by atoms with Gasteiger partial charge in [0.05, 0.1) is 11.8 Å². The molecule has 0 saturated carbocycles. The minimum absolute atomic E-state index is 0.196. The van der Waals surface area contributed by atoms with E-state index in [4.69, 9.17) is 9.15 Å². The number of benzene rings is 2. The number of rotatable bonds is 6. The third-order valence-corrected chi connectivity index (χ3v) is 5.34. The molecular weight excluding hydrogens is 378 g/mol. The summed E-state index contributed by atoms with van der Waals surface area (Å²) in [6.45, 7) is 6.36. The second kappa shape index (κ2) is 9.05. The fourth-order valence-corrected chi connectivity index (χ4v) is 3.53. The normalized spacial score (nSPS) is 14.5. The van der Waals surface area contributed by atoms with E-state index in [1.807, 2.05) is 43.3 Å². The van der Waals surface area contributed by atoms with Crippen molar-refractivity contribution in [3.63, 3.8) is 0 Å². The molecule has 0 unspecified atom stereocenters. The number of nitrogens with zero attached hydrogens (tertiary/aromatic N) is 2. The highest BCUT2D eigenvalue weighted by molar-refractivity contribution is 6.05. The lowest BCUT2D eigenvalue weighted by Gasteiger charge is -2.34. The molecule has 2 heterocycles. The number of hydrogen-bond donors (Lipinski definition) is 1. The van der Waals surface area contributed by atoms with Crippen LogP contribution in [0.1, 0.15) is 21.7 Å². The lowest BCUT2D eigenvalue weighted by molar-refractivity contribution is 0.102. The maximum atomic E-state index is 12.7. The van der Waals surface area contributed by atoms with Gasteiger partial charge in [0.25, 0.3) is 5.91 Å². The minimum Gasteiger partial charge on any atom is -0.486 e. The molecule has 1 aliphatic heterocycles. The summed E-state index contributed by atoms with van der Waals surface area (Å²) in [5, 5.41) is 2.95. The van der Waals surface area contributed by atoms with Gasteiger partial charge in [-0.2, -0.15) is 0 Å². The van der Waals surface area contributed by atoms with Crippen LogP contribution in [0.4, 0.5) is 11.4 Å². The van der Waals surface area contributed by atoms with Crippen LogP contribution in [0.5, 0.6) is 5.75 Å². The van der Waals surface area contributed by atoms with Gasteiger partial charge in [-0.1, -0.05) is 12.1 Å². The average Bonchev–Trinajstić information content (AvgIpc) is 3.22. The van der Waals surface area contributed by atoms with Crippen LogP contribution in [0, 0.1) is 6.92 Å². The molecule has 1 amide bonds. The van der Waals surface area contributed by atoms with Crippen molar-refractivity contribution >= 4 is 17.3 Å². The SMILES string of the molecule is Cc1cccc(OCc2occc2C(=O)Nc2ccc(N3CCN(C)CC3)cc2)c1. The topological polar surface area (TPSA) is 58.0 Å². The first kappa shape index (κ1) is 20.0. The van der Waals surface area contributed by atoms with Crippen LogP contribution in [0.3, 0.4) is 0 Å². The summed E-state index contributed by atoms with van der Waals surface area (Å²) in [5.74, 6) is 1.04. The first-order valence-corrected chi connectivity index (χ1v) is 10.2. The average molecular weight is 405 g/mol. The van der Waals surface area contributed by atoms with Crippen LogP contribution in [0.2, 0.25) is 0 Å². The molecule has 3 aromatic rings. The molecule has 4 rings (SSSR count). The third-order valence-electron chi connectivity index (χ3n) is 5.34. The van der Waals surface area contributed by atoms with Gasteiger partial charge in [-0.05, 0) is 62.0 Å². The maximum Gasteiger partial charge on any atom is 0.259 e. The van der Waals surface area contributed by atoms with E-state index < -0.39 is 0 Å². The van der Waals surface area contributed by atoms with Gasteiger partial charge in [0.15, 0.2) is 5.76 Å². The van der Waals surface area contributed by atoms with E-state index in [-0.39, 0.29) is 12.5 Å². The molecule has 0 aliphatic carbocycles. The second-order valence-electron chi connectivity index (χ2n) is 7.65. The van der Waals surface area contributed by atoms with Gasteiger partial charge >= 0.3 is 0 Å². The number of aryl methyl sites for hydroxylation is 1. The van der Waals surface area contributed by atoms with Crippen molar-refractivity contribution in [2.24, 2.45) is 0 Å². The Morgan fingerprint density at radius 3 is 2.57 bits per heavy atom. The Hall–Kier alpha value is -3.25. The molecule has 0 spiro atoms. The van der Waals surface area contributed by atoms with E-state index in [1.54, 1.807) is 6.07 Å². The van der Waals surface area contributed by atoms with Crippen LogP contribution in [-0.4, -0.2) is 44.0 Å². The van der Waals surface area contributed by atoms with Gasteiger partial charge < -0.3 is 24.3 Å². The summed E-state index contributed by atoms with van der Waals surface area (Å²) in [4.78, 5) is 17.4. The first-order valence-electron chi connectivity index (χ1n) is 10.2. The number of carbonyl (C=O) groups is 1. The van der Waals surface area contributed by atoms with Crippen molar-refractivity contribution in [1.29, 1.82) is 0 Å². The summed E-state index contributed by atoms with van der Waals surface area (Å²) in [6.07, 6.45) is 1.51. The van der Waals surface area contributed by atoms with E-state index >= 15 is 0 Å². The standard InChI is InChI=1S/C24H27N3O3/c1-18-4-3-5-21(16-18)30-17-23-22(10-15-29-23)24(28)25-19-6-8-20(9-7-19)27-13-11-26(2)12-14-27/h3-10,15-16H,11-14,17H2,1-2H3,(H,25,28). The number of hydrogen-bond acceptors (Lipinski definition) is 5. The van der Waals surface area contributed by atoms with E-state index in [0.717, 1.165) is 43.2 Å². The van der Waals surface area contributed by atoms with Crippen LogP contribution < -0.4 is 15.0 Å². The van der Waals surface area contributed by atoms with Gasteiger partial charge in [-0.25, -0.2) is 0 Å². The largest absolute Gasteiger partial charge is 0.486 e. The number of piperazine rings is 1. The molecule has 0 radical (unpaired) electrons. The lowest BCUT2D eigenvalue weighted by Crippen LogP contribution is -2.44. The lowest BCUT2D eigenvalue weighted by atomic mass is 10.2. The molecule has 156 valence electrons. The summed E-state index contributed by atoms with van der Waals surface area (Å²) < 4.78 is 11.3. The number of anilines is 2. The molecule has 2 aromatic carbocycles. The van der Waals surface area contributed by atoms with E-state index in [0.29, 0.717) is 11.3 Å². The molecule has 6 heteroatoms. The Kier molecular flexibility index (Phi) is 6.05. The van der Waals surface area contributed by atoms with Gasteiger partial charge in [-0.15, -0.1) is 0 Å². The minimum atomic E-state index is -0.209. The highest BCUT2D eigenvalue weighted by Crippen LogP contribution is 2.21. The van der Waals surface area contributed by atoms with Crippen LogP contribution in [-0.2, 0) is 6.61 Å². The monoisotopic (exact) mass is 405 g/mol. The molecular formula is C24H27N3O3. The van der Waals surface area contributed by atoms with Crippen LogP contribution in [0.15, 0.2) is 65.3 Å². The molecule has 1 saturated heterocycles. The van der Waals surface area contributed by atoms with Crippen LogP contribution in [0.25, 0.3) is 0 Å². The van der Waals surface area contributed by atoms with Crippen molar-refractivity contribution in [1.82, 2.24) is 4.90 Å². The van der Waals surface area contributed by atoms with Gasteiger partial charge in [0, 0.05) is 37.6 Å². The predicted octanol–water partition coefficient (Wildman–Crippen LogP) is 4.17. The Morgan fingerprint density at radius 1 is 1.07 bits per heavy atom. The summed E-state index contributed by atoms with van der Waals surface area (Å²) in [7, 11) is 2.14. The van der Waals surface area contributed by atoms with Crippen LogP contribution >= 0.6 is 0 Å². The van der Waals surface area contributed by atoms with E-state index in [1.165, 1.54) is 12.0 Å². The van der Waals surface area contributed by atoms with Gasteiger partial charge in [-0.3, -0.25) is 4.79 Å². The number of likely N-dealkylation sites (N-methyl/N-ethyl adjacent to an activating group) is 1. The predicted molar refractivity (Wildman–Crippen MR) is 118 cm³/mol. The Bertz CT molecular complexity index is 989. The molecule has 0 atom stereocenters. The summed E-state index contributed by atoms with van der Waals surface area (Å²) in [5.41, 5.74) is 3.53. The molecule has 1 N–H and O–H groups in total. The molecule has 1 aromatic heterocycles. The number of ether oxygens (including phenoxy) is 1. The quantitative estimate of drug-likeness (QED) is 0.667. The van der Waals surface area contributed by atoms with Gasteiger partial charge in [0.2, 0.25) is 0 Å². The zero-order valence-electron chi connectivity index (χ0n) is 17.4. The smallest absolute Gasteiger partial charge is 0.259 e. The zero-order valence-corrected chi connectivity index (χ0v) is 17.4. The van der Waals surface area contributed by atoms with Gasteiger partial charge in [0.1, 0.15) is 12.4 Å². The fraction of sp³-hybridized carbons (Fsp3) is 0.292. The van der Waals surface area contributed by atoms with Crippen molar-refractivity contribution < 1.29 is 13.9 Å². The second-order valence-corrected chi connectivity index (χ2v) is 7.65. The van der Waals surface area contributed by atoms with Crippen molar-refractivity contribution in [2.75, 3.05) is 43.4 Å². The van der Waals surface area contributed by atoms with Crippen molar-refractivity contribution in [2.45, 2.75) is 13.5 Å². The Labute approximate surface area is 177 Å². The summed E-state index contributed by atoms with van der Waals surface area (Å²) in [6, 6.07) is 17.4.